The van der Waals surface area contributed by atoms with Crippen molar-refractivity contribution in [1.82, 2.24) is 10.3 Å². The molecule has 0 aliphatic heterocycles. The molecule has 0 spiro atoms. The van der Waals surface area contributed by atoms with Crippen molar-refractivity contribution < 1.29 is 0 Å². The summed E-state index contributed by atoms with van der Waals surface area (Å²) in [6.45, 7) is 0. The number of halogens is 2. The Balaban J connectivity index is 2.05. The first kappa shape index (κ1) is 13.6. The Morgan fingerprint density at radius 2 is 2.32 bits per heavy atom. The molecule has 1 aromatic carbocycles. The molecule has 1 aromatic heterocycles. The van der Waals surface area contributed by atoms with E-state index in [-0.39, 0.29) is 0 Å². The van der Waals surface area contributed by atoms with Crippen LogP contribution < -0.4 is 5.32 Å². The fourth-order valence-electron chi connectivity index (χ4n) is 2.48. The second kappa shape index (κ2) is 5.52. The molecule has 1 unspecified atom stereocenters. The Bertz CT molecular complexity index is 611. The summed E-state index contributed by atoms with van der Waals surface area (Å²) in [6.07, 6.45) is 3.56. The average Bonchev–Trinajstić information content (AvgIpc) is 2.81. The van der Waals surface area contributed by atoms with Gasteiger partial charge in [-0.15, -0.1) is 11.3 Å². The topological polar surface area (TPSA) is 24.9 Å². The molecule has 5 heteroatoms. The van der Waals surface area contributed by atoms with Gasteiger partial charge in [0, 0.05) is 19.9 Å². The number of hydrogen-bond donors (Lipinski definition) is 1. The summed E-state index contributed by atoms with van der Waals surface area (Å²) < 4.78 is 1.01. The Morgan fingerprint density at radius 1 is 1.47 bits per heavy atom. The van der Waals surface area contributed by atoms with Crippen LogP contribution in [0.1, 0.15) is 29.5 Å². The third-order valence-corrected chi connectivity index (χ3v) is 5.52. The van der Waals surface area contributed by atoms with Crippen molar-refractivity contribution in [2.75, 3.05) is 7.05 Å². The van der Waals surface area contributed by atoms with Gasteiger partial charge in [-0.2, -0.15) is 0 Å². The molecule has 0 saturated heterocycles. The first-order valence-electron chi connectivity index (χ1n) is 6.31. The quantitative estimate of drug-likeness (QED) is 0.833. The van der Waals surface area contributed by atoms with Crippen LogP contribution in [0.3, 0.4) is 0 Å². The van der Waals surface area contributed by atoms with Crippen molar-refractivity contribution in [3.8, 4) is 10.6 Å². The number of nitrogens with one attached hydrogen (secondary N) is 1. The molecule has 0 saturated carbocycles. The highest BCUT2D eigenvalue weighted by Crippen LogP contribution is 2.39. The summed E-state index contributed by atoms with van der Waals surface area (Å²) in [6, 6.07) is 6.27. The number of fused-ring (bicyclic) bond motifs is 1. The van der Waals surface area contributed by atoms with Crippen LogP contribution in [0.4, 0.5) is 0 Å². The largest absolute Gasteiger partial charge is 0.312 e. The van der Waals surface area contributed by atoms with E-state index in [1.54, 1.807) is 11.3 Å². The number of nitrogens with zero attached hydrogens (tertiary/aromatic N) is 1. The van der Waals surface area contributed by atoms with Crippen LogP contribution in [-0.2, 0) is 6.42 Å². The van der Waals surface area contributed by atoms with E-state index in [0.717, 1.165) is 26.5 Å². The van der Waals surface area contributed by atoms with Gasteiger partial charge in [0.25, 0.3) is 0 Å². The minimum absolute atomic E-state index is 0.403. The highest BCUT2D eigenvalue weighted by Gasteiger charge is 2.24. The fraction of sp³-hybridized carbons (Fsp3) is 0.357. The highest BCUT2D eigenvalue weighted by molar-refractivity contribution is 9.10. The monoisotopic (exact) mass is 356 g/mol. The van der Waals surface area contributed by atoms with E-state index in [9.17, 15) is 0 Å². The molecule has 0 fully saturated rings. The van der Waals surface area contributed by atoms with Crippen LogP contribution in [0.5, 0.6) is 0 Å². The minimum atomic E-state index is 0.403. The number of aromatic nitrogens is 1. The van der Waals surface area contributed by atoms with E-state index in [1.165, 1.54) is 23.4 Å². The van der Waals surface area contributed by atoms with Crippen molar-refractivity contribution in [2.24, 2.45) is 0 Å². The minimum Gasteiger partial charge on any atom is -0.312 e. The van der Waals surface area contributed by atoms with Gasteiger partial charge >= 0.3 is 0 Å². The van der Waals surface area contributed by atoms with Crippen molar-refractivity contribution in [3.63, 3.8) is 0 Å². The van der Waals surface area contributed by atoms with E-state index in [0.29, 0.717) is 6.04 Å². The maximum absolute atomic E-state index is 5.99. The summed E-state index contributed by atoms with van der Waals surface area (Å²) in [4.78, 5) is 6.27. The van der Waals surface area contributed by atoms with Crippen LogP contribution in [0.2, 0.25) is 5.02 Å². The maximum atomic E-state index is 5.99. The van der Waals surface area contributed by atoms with E-state index >= 15 is 0 Å². The summed E-state index contributed by atoms with van der Waals surface area (Å²) in [5, 5.41) is 5.18. The molecule has 2 nitrogen and oxygen atoms in total. The SMILES string of the molecule is CNC1CCCc2sc(-c3ccc(Cl)cc3Br)nc21. The zero-order valence-electron chi connectivity index (χ0n) is 10.5. The third-order valence-electron chi connectivity index (χ3n) is 3.46. The van der Waals surface area contributed by atoms with Crippen molar-refractivity contribution >= 4 is 38.9 Å². The molecule has 1 N–H and O–H groups in total. The Hall–Kier alpha value is -0.420. The van der Waals surface area contributed by atoms with Gasteiger partial charge in [-0.3, -0.25) is 0 Å². The lowest BCUT2D eigenvalue weighted by atomic mass is 9.98. The molecule has 0 amide bonds. The van der Waals surface area contributed by atoms with Crippen LogP contribution in [0, 0.1) is 0 Å². The molecule has 1 aliphatic rings. The van der Waals surface area contributed by atoms with Crippen LogP contribution in [0.25, 0.3) is 10.6 Å². The van der Waals surface area contributed by atoms with E-state index in [1.807, 2.05) is 25.2 Å². The normalized spacial score (nSPS) is 18.4. The summed E-state index contributed by atoms with van der Waals surface area (Å²) in [5.41, 5.74) is 2.36. The Kier molecular flexibility index (Phi) is 3.94. The van der Waals surface area contributed by atoms with Crippen molar-refractivity contribution in [3.05, 3.63) is 38.3 Å². The maximum Gasteiger partial charge on any atom is 0.125 e. The lowest BCUT2D eigenvalue weighted by Crippen LogP contribution is -2.21. The molecular weight excluding hydrogens is 344 g/mol. The lowest BCUT2D eigenvalue weighted by molar-refractivity contribution is 0.490. The summed E-state index contributed by atoms with van der Waals surface area (Å²) in [5.74, 6) is 0. The zero-order valence-corrected chi connectivity index (χ0v) is 13.7. The predicted octanol–water partition coefficient (Wildman–Crippen LogP) is 4.82. The van der Waals surface area contributed by atoms with Crippen LogP contribution in [0.15, 0.2) is 22.7 Å². The predicted molar refractivity (Wildman–Crippen MR) is 85.0 cm³/mol. The number of aryl methyl sites for hydroxylation is 1. The molecule has 0 radical (unpaired) electrons. The van der Waals surface area contributed by atoms with E-state index in [2.05, 4.69) is 21.2 Å². The fourth-order valence-corrected chi connectivity index (χ4v) is 4.68. The van der Waals surface area contributed by atoms with Crippen LogP contribution in [-0.4, -0.2) is 12.0 Å². The van der Waals surface area contributed by atoms with Crippen LogP contribution >= 0.6 is 38.9 Å². The zero-order chi connectivity index (χ0) is 13.4. The van der Waals surface area contributed by atoms with Gasteiger partial charge in [0.2, 0.25) is 0 Å². The molecule has 3 rings (SSSR count). The van der Waals surface area contributed by atoms with Gasteiger partial charge < -0.3 is 5.32 Å². The first-order chi connectivity index (χ1) is 9.19. The standard InChI is InChI=1S/C14H14BrClN2S/c1-17-11-3-2-4-12-13(11)18-14(19-12)9-6-5-8(16)7-10(9)15/h5-7,11,17H,2-4H2,1H3. The van der Waals surface area contributed by atoms with Gasteiger partial charge in [0.1, 0.15) is 5.01 Å². The molecule has 1 atom stereocenters. The molecule has 1 heterocycles. The molecule has 1 aliphatic carbocycles. The molecule has 2 aromatic rings. The molecule has 100 valence electrons. The van der Waals surface area contributed by atoms with Gasteiger partial charge in [0.05, 0.1) is 11.7 Å². The molecule has 19 heavy (non-hydrogen) atoms. The number of benzene rings is 1. The second-order valence-electron chi connectivity index (χ2n) is 4.69. The first-order valence-corrected chi connectivity index (χ1v) is 8.30. The average molecular weight is 358 g/mol. The van der Waals surface area contributed by atoms with E-state index in [4.69, 9.17) is 16.6 Å². The van der Waals surface area contributed by atoms with E-state index < -0.39 is 0 Å². The third kappa shape index (κ3) is 2.59. The van der Waals surface area contributed by atoms with Crippen molar-refractivity contribution in [1.29, 1.82) is 0 Å². The highest BCUT2D eigenvalue weighted by atomic mass is 79.9. The number of hydrogen-bond acceptors (Lipinski definition) is 3. The smallest absolute Gasteiger partial charge is 0.125 e. The summed E-state index contributed by atoms with van der Waals surface area (Å²) >= 11 is 11.4. The Morgan fingerprint density at radius 3 is 3.05 bits per heavy atom. The lowest BCUT2D eigenvalue weighted by Gasteiger charge is -2.19. The number of thiazole rings is 1. The Labute approximate surface area is 130 Å². The van der Waals surface area contributed by atoms with Gasteiger partial charge in [-0.05, 0) is 44.5 Å². The second-order valence-corrected chi connectivity index (χ2v) is 7.06. The van der Waals surface area contributed by atoms with Crippen molar-refractivity contribution in [2.45, 2.75) is 25.3 Å². The number of rotatable bonds is 2. The molecule has 0 bridgehead atoms. The molecular formula is C14H14BrClN2S. The van der Waals surface area contributed by atoms with Gasteiger partial charge in [-0.25, -0.2) is 4.98 Å². The van der Waals surface area contributed by atoms with Gasteiger partial charge in [-0.1, -0.05) is 27.5 Å². The summed E-state index contributed by atoms with van der Waals surface area (Å²) in [7, 11) is 2.01. The van der Waals surface area contributed by atoms with Gasteiger partial charge in [0.15, 0.2) is 0 Å².